The van der Waals surface area contributed by atoms with Crippen LogP contribution in [0, 0.1) is 0 Å². The fourth-order valence-corrected chi connectivity index (χ4v) is 3.43. The van der Waals surface area contributed by atoms with Crippen molar-refractivity contribution < 1.29 is 4.42 Å². The summed E-state index contributed by atoms with van der Waals surface area (Å²) in [5.74, 6) is 1.12. The van der Waals surface area contributed by atoms with E-state index in [-0.39, 0.29) is 0 Å². The number of fused-ring (bicyclic) bond motifs is 5. The van der Waals surface area contributed by atoms with Crippen LogP contribution in [0.5, 0.6) is 0 Å². The molecular weight excluding hydrogens is 208 g/mol. The van der Waals surface area contributed by atoms with Gasteiger partial charge in [-0.3, -0.25) is 0 Å². The fourth-order valence-electron chi connectivity index (χ4n) is 3.43. The highest BCUT2D eigenvalue weighted by Crippen LogP contribution is 2.38. The van der Waals surface area contributed by atoms with E-state index < -0.39 is 0 Å². The number of furan rings is 1. The molecule has 0 aliphatic heterocycles. The number of aryl methyl sites for hydroxylation is 2. The second-order valence-corrected chi connectivity index (χ2v) is 5.21. The third kappa shape index (κ3) is 1.32. The summed E-state index contributed by atoms with van der Waals surface area (Å²) in [7, 11) is 0. The second-order valence-electron chi connectivity index (χ2n) is 5.21. The molecule has 1 aromatic carbocycles. The molecule has 1 heteroatoms. The smallest absolute Gasteiger partial charge is 0.137 e. The first-order chi connectivity index (χ1) is 8.43. The Kier molecular flexibility index (Phi) is 1.96. The molecular formula is C16H16O. The van der Waals surface area contributed by atoms with Gasteiger partial charge in [0.25, 0.3) is 0 Å². The van der Waals surface area contributed by atoms with Crippen LogP contribution < -0.4 is 0 Å². The molecule has 0 unspecified atom stereocenters. The molecule has 1 aromatic heterocycles. The SMILES string of the molecule is c1cc2c(o1)-c1ccc3c(c1CC2)CCCC3. The van der Waals surface area contributed by atoms with E-state index in [1.807, 2.05) is 6.26 Å². The van der Waals surface area contributed by atoms with Crippen molar-refractivity contribution in [3.05, 3.63) is 46.7 Å². The molecule has 0 saturated heterocycles. The summed E-state index contributed by atoms with van der Waals surface area (Å²) in [6, 6.07) is 6.73. The summed E-state index contributed by atoms with van der Waals surface area (Å²) < 4.78 is 5.67. The molecule has 2 aromatic rings. The molecule has 0 amide bonds. The first-order valence-corrected chi connectivity index (χ1v) is 6.64. The summed E-state index contributed by atoms with van der Waals surface area (Å²) >= 11 is 0. The Morgan fingerprint density at radius 3 is 2.71 bits per heavy atom. The minimum Gasteiger partial charge on any atom is -0.464 e. The number of benzene rings is 1. The Morgan fingerprint density at radius 1 is 0.765 bits per heavy atom. The van der Waals surface area contributed by atoms with Crippen molar-refractivity contribution in [1.29, 1.82) is 0 Å². The van der Waals surface area contributed by atoms with Crippen molar-refractivity contribution in [2.45, 2.75) is 38.5 Å². The highest BCUT2D eigenvalue weighted by molar-refractivity contribution is 5.70. The summed E-state index contributed by atoms with van der Waals surface area (Å²) in [6.45, 7) is 0. The zero-order valence-corrected chi connectivity index (χ0v) is 9.96. The van der Waals surface area contributed by atoms with Gasteiger partial charge < -0.3 is 4.42 Å². The molecule has 0 radical (unpaired) electrons. The lowest BCUT2D eigenvalue weighted by molar-refractivity contribution is 0.574. The lowest BCUT2D eigenvalue weighted by Crippen LogP contribution is -2.11. The predicted molar refractivity (Wildman–Crippen MR) is 68.2 cm³/mol. The monoisotopic (exact) mass is 224 g/mol. The Balaban J connectivity index is 1.97. The van der Waals surface area contributed by atoms with Gasteiger partial charge in [0.1, 0.15) is 5.76 Å². The van der Waals surface area contributed by atoms with E-state index in [1.54, 1.807) is 16.7 Å². The van der Waals surface area contributed by atoms with Crippen LogP contribution >= 0.6 is 0 Å². The van der Waals surface area contributed by atoms with Crippen LogP contribution in [0.25, 0.3) is 11.3 Å². The van der Waals surface area contributed by atoms with Crippen LogP contribution in [0.4, 0.5) is 0 Å². The molecule has 0 saturated carbocycles. The Hall–Kier alpha value is -1.50. The number of hydrogen-bond acceptors (Lipinski definition) is 1. The second kappa shape index (κ2) is 3.49. The maximum Gasteiger partial charge on any atom is 0.137 e. The normalized spacial score (nSPS) is 17.2. The van der Waals surface area contributed by atoms with Gasteiger partial charge in [0.15, 0.2) is 0 Å². The molecule has 17 heavy (non-hydrogen) atoms. The molecule has 0 fully saturated rings. The summed E-state index contributed by atoms with van der Waals surface area (Å²) in [5.41, 5.74) is 7.54. The van der Waals surface area contributed by atoms with Crippen molar-refractivity contribution in [1.82, 2.24) is 0 Å². The zero-order chi connectivity index (χ0) is 11.2. The lowest BCUT2D eigenvalue weighted by atomic mass is 9.80. The Bertz CT molecular complexity index is 577. The minimum atomic E-state index is 1.12. The average molecular weight is 224 g/mol. The maximum absolute atomic E-state index is 5.67. The van der Waals surface area contributed by atoms with Crippen molar-refractivity contribution in [3.8, 4) is 11.3 Å². The molecule has 0 spiro atoms. The average Bonchev–Trinajstić information content (AvgIpc) is 2.86. The van der Waals surface area contributed by atoms with Crippen LogP contribution in [0.1, 0.15) is 35.1 Å². The van der Waals surface area contributed by atoms with Gasteiger partial charge in [-0.25, -0.2) is 0 Å². The van der Waals surface area contributed by atoms with Gasteiger partial charge in [0.2, 0.25) is 0 Å². The standard InChI is InChI=1S/C16H16O/c1-2-4-13-11(3-1)5-8-15-14(13)7-6-12-9-10-17-16(12)15/h5,8-10H,1-4,6-7H2. The lowest BCUT2D eigenvalue weighted by Gasteiger charge is -2.24. The van der Waals surface area contributed by atoms with E-state index in [9.17, 15) is 0 Å². The van der Waals surface area contributed by atoms with E-state index in [1.165, 1.54) is 43.2 Å². The van der Waals surface area contributed by atoms with Gasteiger partial charge in [-0.05, 0) is 66.8 Å². The van der Waals surface area contributed by atoms with Crippen molar-refractivity contribution in [3.63, 3.8) is 0 Å². The molecule has 2 aliphatic carbocycles. The van der Waals surface area contributed by atoms with Crippen LogP contribution in [-0.4, -0.2) is 0 Å². The maximum atomic E-state index is 5.67. The molecule has 86 valence electrons. The van der Waals surface area contributed by atoms with Gasteiger partial charge >= 0.3 is 0 Å². The zero-order valence-electron chi connectivity index (χ0n) is 9.96. The predicted octanol–water partition coefficient (Wildman–Crippen LogP) is 3.92. The van der Waals surface area contributed by atoms with Crippen LogP contribution in [-0.2, 0) is 25.7 Å². The topological polar surface area (TPSA) is 13.1 Å². The van der Waals surface area contributed by atoms with Crippen molar-refractivity contribution >= 4 is 0 Å². The molecule has 0 bridgehead atoms. The number of rotatable bonds is 0. The Labute approximate surface area is 101 Å². The highest BCUT2D eigenvalue weighted by atomic mass is 16.3. The van der Waals surface area contributed by atoms with E-state index in [0.717, 1.165) is 12.2 Å². The quantitative estimate of drug-likeness (QED) is 0.661. The first kappa shape index (κ1) is 9.52. The van der Waals surface area contributed by atoms with Gasteiger partial charge in [-0.2, -0.15) is 0 Å². The molecule has 1 heterocycles. The molecule has 4 rings (SSSR count). The van der Waals surface area contributed by atoms with Crippen molar-refractivity contribution in [2.24, 2.45) is 0 Å². The van der Waals surface area contributed by atoms with Gasteiger partial charge in [-0.1, -0.05) is 12.1 Å². The first-order valence-electron chi connectivity index (χ1n) is 6.64. The molecule has 1 nitrogen and oxygen atoms in total. The van der Waals surface area contributed by atoms with Crippen LogP contribution in [0.3, 0.4) is 0 Å². The minimum absolute atomic E-state index is 1.12. The summed E-state index contributed by atoms with van der Waals surface area (Å²) in [4.78, 5) is 0. The Morgan fingerprint density at radius 2 is 1.71 bits per heavy atom. The van der Waals surface area contributed by atoms with E-state index in [2.05, 4.69) is 18.2 Å². The van der Waals surface area contributed by atoms with E-state index >= 15 is 0 Å². The van der Waals surface area contributed by atoms with Gasteiger partial charge in [0, 0.05) is 5.56 Å². The number of hydrogen-bond donors (Lipinski definition) is 0. The third-order valence-electron chi connectivity index (χ3n) is 4.29. The van der Waals surface area contributed by atoms with Crippen molar-refractivity contribution in [2.75, 3.05) is 0 Å². The largest absolute Gasteiger partial charge is 0.464 e. The van der Waals surface area contributed by atoms with E-state index in [0.29, 0.717) is 0 Å². The van der Waals surface area contributed by atoms with Crippen LogP contribution in [0.2, 0.25) is 0 Å². The van der Waals surface area contributed by atoms with Gasteiger partial charge in [0.05, 0.1) is 6.26 Å². The van der Waals surface area contributed by atoms with Gasteiger partial charge in [-0.15, -0.1) is 0 Å². The summed E-state index contributed by atoms with van der Waals surface area (Å²) in [5, 5.41) is 0. The highest BCUT2D eigenvalue weighted by Gasteiger charge is 2.23. The van der Waals surface area contributed by atoms with Crippen LogP contribution in [0.15, 0.2) is 28.9 Å². The van der Waals surface area contributed by atoms with E-state index in [4.69, 9.17) is 4.42 Å². The third-order valence-corrected chi connectivity index (χ3v) is 4.29. The fraction of sp³-hybridized carbons (Fsp3) is 0.375. The molecule has 2 aliphatic rings. The molecule has 0 N–H and O–H groups in total. The summed E-state index contributed by atoms with van der Waals surface area (Å²) in [6.07, 6.45) is 9.44. The molecule has 0 atom stereocenters.